The highest BCUT2D eigenvalue weighted by molar-refractivity contribution is 5.97. The number of methoxy groups -OCH3 is 1. The van der Waals surface area contributed by atoms with Crippen molar-refractivity contribution in [2.75, 3.05) is 7.11 Å². The molecule has 2 aromatic rings. The molecular weight excluding hydrogens is 214 g/mol. The number of rotatable bonds is 3. The summed E-state index contributed by atoms with van der Waals surface area (Å²) in [6.45, 7) is 3.62. The molecule has 0 saturated heterocycles. The summed E-state index contributed by atoms with van der Waals surface area (Å²) in [7, 11) is 1.61. The van der Waals surface area contributed by atoms with Gasteiger partial charge in [-0.15, -0.1) is 0 Å². The first-order chi connectivity index (χ1) is 8.15. The molecule has 1 aromatic carbocycles. The van der Waals surface area contributed by atoms with Crippen LogP contribution in [0.3, 0.4) is 0 Å². The highest BCUT2D eigenvalue weighted by Gasteiger charge is 2.07. The van der Waals surface area contributed by atoms with Crippen LogP contribution in [0.15, 0.2) is 24.3 Å². The van der Waals surface area contributed by atoms with Gasteiger partial charge in [0.25, 0.3) is 0 Å². The molecule has 0 saturated carbocycles. The Balaban J connectivity index is 2.66. The first-order valence-electron chi connectivity index (χ1n) is 5.64. The van der Waals surface area contributed by atoms with E-state index in [-0.39, 0.29) is 5.78 Å². The van der Waals surface area contributed by atoms with E-state index in [1.54, 1.807) is 20.1 Å². The molecule has 0 aliphatic heterocycles. The SMILES string of the molecule is CCc1cc2ccc(C(C)=O)cc2nc1OC. The number of carbonyl (C=O) groups excluding carboxylic acids is 1. The van der Waals surface area contributed by atoms with Crippen molar-refractivity contribution in [3.05, 3.63) is 35.4 Å². The van der Waals surface area contributed by atoms with E-state index in [2.05, 4.69) is 18.0 Å². The largest absolute Gasteiger partial charge is 0.481 e. The van der Waals surface area contributed by atoms with Crippen molar-refractivity contribution in [3.8, 4) is 5.88 Å². The molecule has 1 heterocycles. The number of Topliss-reactive ketones (excluding diaryl/α,β-unsaturated/α-hetero) is 1. The highest BCUT2D eigenvalue weighted by Crippen LogP contribution is 2.23. The average Bonchev–Trinajstić information content (AvgIpc) is 2.36. The van der Waals surface area contributed by atoms with Gasteiger partial charge in [0.05, 0.1) is 12.6 Å². The Labute approximate surface area is 100 Å². The molecular formula is C14H15NO2. The standard InChI is InChI=1S/C14H15NO2/c1-4-10-7-12-6-5-11(9(2)16)8-13(12)15-14(10)17-3/h5-8H,4H2,1-3H3. The molecule has 0 radical (unpaired) electrons. The Hall–Kier alpha value is -1.90. The van der Waals surface area contributed by atoms with Gasteiger partial charge >= 0.3 is 0 Å². The molecule has 0 aliphatic carbocycles. The number of aryl methyl sites for hydroxylation is 1. The van der Waals surface area contributed by atoms with Gasteiger partial charge in [0.15, 0.2) is 5.78 Å². The van der Waals surface area contributed by atoms with Gasteiger partial charge in [0.1, 0.15) is 0 Å². The predicted octanol–water partition coefficient (Wildman–Crippen LogP) is 3.01. The summed E-state index contributed by atoms with van der Waals surface area (Å²) in [6, 6.07) is 7.63. The number of aromatic nitrogens is 1. The van der Waals surface area contributed by atoms with E-state index in [1.807, 2.05) is 12.1 Å². The molecule has 0 atom stereocenters. The van der Waals surface area contributed by atoms with Gasteiger partial charge in [-0.05, 0) is 25.5 Å². The van der Waals surface area contributed by atoms with E-state index in [0.717, 1.165) is 22.9 Å². The maximum Gasteiger partial charge on any atom is 0.216 e. The maximum atomic E-state index is 11.3. The average molecular weight is 229 g/mol. The molecule has 0 fully saturated rings. The lowest BCUT2D eigenvalue weighted by atomic mass is 10.1. The Morgan fingerprint density at radius 2 is 2.12 bits per heavy atom. The first-order valence-corrected chi connectivity index (χ1v) is 5.64. The second kappa shape index (κ2) is 4.53. The number of hydrogen-bond acceptors (Lipinski definition) is 3. The number of benzene rings is 1. The number of nitrogens with zero attached hydrogens (tertiary/aromatic N) is 1. The molecule has 1 aromatic heterocycles. The van der Waals surface area contributed by atoms with E-state index in [9.17, 15) is 4.79 Å². The molecule has 0 spiro atoms. The van der Waals surface area contributed by atoms with Crippen molar-refractivity contribution in [1.29, 1.82) is 0 Å². The minimum Gasteiger partial charge on any atom is -0.481 e. The normalized spacial score (nSPS) is 10.5. The van der Waals surface area contributed by atoms with Crippen molar-refractivity contribution in [2.24, 2.45) is 0 Å². The monoisotopic (exact) mass is 229 g/mol. The van der Waals surface area contributed by atoms with Crippen molar-refractivity contribution < 1.29 is 9.53 Å². The number of pyridine rings is 1. The fourth-order valence-corrected chi connectivity index (χ4v) is 1.84. The summed E-state index contributed by atoms with van der Waals surface area (Å²) >= 11 is 0. The quantitative estimate of drug-likeness (QED) is 0.759. The Kier molecular flexibility index (Phi) is 3.09. The number of fused-ring (bicyclic) bond motifs is 1. The third-order valence-corrected chi connectivity index (χ3v) is 2.84. The summed E-state index contributed by atoms with van der Waals surface area (Å²) in [4.78, 5) is 15.7. The number of ether oxygens (including phenoxy) is 1. The van der Waals surface area contributed by atoms with Crippen molar-refractivity contribution in [3.63, 3.8) is 0 Å². The number of ketones is 1. The van der Waals surface area contributed by atoms with E-state index in [1.165, 1.54) is 0 Å². The Morgan fingerprint density at radius 1 is 1.35 bits per heavy atom. The minimum absolute atomic E-state index is 0.0484. The molecule has 2 rings (SSSR count). The maximum absolute atomic E-state index is 11.3. The molecule has 0 bridgehead atoms. The van der Waals surface area contributed by atoms with Gasteiger partial charge in [-0.3, -0.25) is 4.79 Å². The van der Waals surface area contributed by atoms with Crippen LogP contribution >= 0.6 is 0 Å². The highest BCUT2D eigenvalue weighted by atomic mass is 16.5. The fourth-order valence-electron chi connectivity index (χ4n) is 1.84. The first kappa shape index (κ1) is 11.6. The summed E-state index contributed by atoms with van der Waals surface area (Å²) in [5.74, 6) is 0.688. The zero-order valence-electron chi connectivity index (χ0n) is 10.3. The second-order valence-corrected chi connectivity index (χ2v) is 3.97. The molecule has 0 aliphatic rings. The van der Waals surface area contributed by atoms with Gasteiger partial charge in [0.2, 0.25) is 5.88 Å². The van der Waals surface area contributed by atoms with Gasteiger partial charge in [0, 0.05) is 16.5 Å². The van der Waals surface area contributed by atoms with Crippen molar-refractivity contribution in [2.45, 2.75) is 20.3 Å². The van der Waals surface area contributed by atoms with Crippen LogP contribution in [0.2, 0.25) is 0 Å². The summed E-state index contributed by atoms with van der Waals surface area (Å²) in [5.41, 5.74) is 2.55. The molecule has 0 N–H and O–H groups in total. The van der Waals surface area contributed by atoms with Crippen molar-refractivity contribution in [1.82, 2.24) is 4.98 Å². The molecule has 0 amide bonds. The molecule has 3 nitrogen and oxygen atoms in total. The lowest BCUT2D eigenvalue weighted by Gasteiger charge is -2.08. The van der Waals surface area contributed by atoms with Crippen LogP contribution < -0.4 is 4.74 Å². The summed E-state index contributed by atoms with van der Waals surface area (Å²) < 4.78 is 5.25. The van der Waals surface area contributed by atoms with E-state index < -0.39 is 0 Å². The van der Waals surface area contributed by atoms with E-state index >= 15 is 0 Å². The topological polar surface area (TPSA) is 39.2 Å². The van der Waals surface area contributed by atoms with Gasteiger partial charge in [-0.1, -0.05) is 19.1 Å². The lowest BCUT2D eigenvalue weighted by Crippen LogP contribution is -1.97. The zero-order chi connectivity index (χ0) is 12.4. The van der Waals surface area contributed by atoms with Gasteiger partial charge in [-0.25, -0.2) is 4.98 Å². The van der Waals surface area contributed by atoms with Crippen LogP contribution in [0.25, 0.3) is 10.9 Å². The molecule has 3 heteroatoms. The van der Waals surface area contributed by atoms with Crippen LogP contribution in [0.4, 0.5) is 0 Å². The summed E-state index contributed by atoms with van der Waals surface area (Å²) in [6.07, 6.45) is 0.876. The second-order valence-electron chi connectivity index (χ2n) is 3.97. The molecule has 88 valence electrons. The zero-order valence-corrected chi connectivity index (χ0v) is 10.3. The van der Waals surface area contributed by atoms with Crippen LogP contribution in [-0.2, 0) is 6.42 Å². The lowest BCUT2D eigenvalue weighted by molar-refractivity contribution is 0.101. The third kappa shape index (κ3) is 2.13. The summed E-state index contributed by atoms with van der Waals surface area (Å²) in [5, 5.41) is 1.03. The third-order valence-electron chi connectivity index (χ3n) is 2.84. The predicted molar refractivity (Wildman–Crippen MR) is 67.7 cm³/mol. The smallest absolute Gasteiger partial charge is 0.216 e. The molecule has 0 unspecified atom stereocenters. The van der Waals surface area contributed by atoms with Gasteiger partial charge in [-0.2, -0.15) is 0 Å². The Bertz CT molecular complexity index is 576. The fraction of sp³-hybridized carbons (Fsp3) is 0.286. The van der Waals surface area contributed by atoms with Crippen molar-refractivity contribution >= 4 is 16.7 Å². The Morgan fingerprint density at radius 3 is 2.71 bits per heavy atom. The number of hydrogen-bond donors (Lipinski definition) is 0. The van der Waals surface area contributed by atoms with Crippen LogP contribution in [-0.4, -0.2) is 17.9 Å². The molecule has 17 heavy (non-hydrogen) atoms. The van der Waals surface area contributed by atoms with Crippen LogP contribution in [0.5, 0.6) is 5.88 Å². The van der Waals surface area contributed by atoms with Crippen LogP contribution in [0, 0.1) is 0 Å². The van der Waals surface area contributed by atoms with Gasteiger partial charge < -0.3 is 4.74 Å². The van der Waals surface area contributed by atoms with E-state index in [0.29, 0.717) is 11.4 Å². The van der Waals surface area contributed by atoms with Crippen LogP contribution in [0.1, 0.15) is 29.8 Å². The van der Waals surface area contributed by atoms with E-state index in [4.69, 9.17) is 4.74 Å². The minimum atomic E-state index is 0.0484. The number of carbonyl (C=O) groups is 1.